The molecule has 0 radical (unpaired) electrons. The van der Waals surface area contributed by atoms with E-state index in [1.54, 1.807) is 6.21 Å². The Balaban J connectivity index is 1.36. The summed E-state index contributed by atoms with van der Waals surface area (Å²) >= 11 is 3.56. The maximum Gasteiger partial charge on any atom is 0.270 e. The van der Waals surface area contributed by atoms with E-state index in [2.05, 4.69) is 31.8 Å². The van der Waals surface area contributed by atoms with E-state index in [0.29, 0.717) is 11.3 Å². The lowest BCUT2D eigenvalue weighted by Crippen LogP contribution is -2.42. The van der Waals surface area contributed by atoms with Crippen LogP contribution in [0.3, 0.4) is 0 Å². The van der Waals surface area contributed by atoms with Crippen LogP contribution in [0.5, 0.6) is 0 Å². The smallest absolute Gasteiger partial charge is 0.270 e. The van der Waals surface area contributed by atoms with Crippen molar-refractivity contribution in [3.05, 3.63) is 142 Å². The minimum atomic E-state index is -0.326. The van der Waals surface area contributed by atoms with Crippen molar-refractivity contribution in [1.82, 2.24) is 15.3 Å². The molecule has 41 heavy (non-hydrogen) atoms. The second-order valence-electron chi connectivity index (χ2n) is 9.73. The van der Waals surface area contributed by atoms with Crippen molar-refractivity contribution >= 4 is 50.6 Å². The number of hydrazone groups is 1. The topological polar surface area (TPSA) is 87.8 Å². The molecule has 0 saturated heterocycles. The molecule has 0 spiro atoms. The summed E-state index contributed by atoms with van der Waals surface area (Å²) in [6.45, 7) is 0.0217. The Morgan fingerprint density at radius 2 is 1.59 bits per heavy atom. The van der Waals surface area contributed by atoms with Crippen LogP contribution in [-0.4, -0.2) is 28.3 Å². The van der Waals surface area contributed by atoms with Crippen LogP contribution in [-0.2, 0) is 16.1 Å². The van der Waals surface area contributed by atoms with Crippen molar-refractivity contribution in [1.29, 1.82) is 0 Å². The van der Waals surface area contributed by atoms with Crippen LogP contribution >= 0.6 is 15.9 Å². The molecule has 2 atom stereocenters. The standard InChI is InChI=1S/C33H26BrN5O2/c34-25-16-17-28-26(18-25)27(20-39(28)21-29(40)38-35-19-22-10-4-1-5-11-22)32-33(41)37-31(24-14-8-3-9-15-24)30(36-32)23-12-6-2-7-13-23/h1-20,30-31H,21H2,(H,37,41)(H,38,40)/t30-,31-/m0/s1. The summed E-state index contributed by atoms with van der Waals surface area (Å²) in [4.78, 5) is 31.5. The van der Waals surface area contributed by atoms with Crippen LogP contribution in [0.1, 0.15) is 34.3 Å². The minimum absolute atomic E-state index is 0.0217. The summed E-state index contributed by atoms with van der Waals surface area (Å²) in [7, 11) is 0. The van der Waals surface area contributed by atoms with E-state index in [-0.39, 0.29) is 30.4 Å². The number of aromatic nitrogens is 1. The quantitative estimate of drug-likeness (QED) is 0.178. The molecular formula is C33H26BrN5O2. The monoisotopic (exact) mass is 603 g/mol. The van der Waals surface area contributed by atoms with Gasteiger partial charge in [0.1, 0.15) is 18.3 Å². The highest BCUT2D eigenvalue weighted by Crippen LogP contribution is 2.37. The maximum absolute atomic E-state index is 13.6. The van der Waals surface area contributed by atoms with Gasteiger partial charge >= 0.3 is 0 Å². The van der Waals surface area contributed by atoms with Gasteiger partial charge in [-0.3, -0.25) is 14.6 Å². The number of rotatable bonds is 7. The van der Waals surface area contributed by atoms with E-state index >= 15 is 0 Å². The number of nitrogens with zero attached hydrogens (tertiary/aromatic N) is 3. The average Bonchev–Trinajstić information content (AvgIpc) is 3.35. The predicted molar refractivity (Wildman–Crippen MR) is 165 cm³/mol. The van der Waals surface area contributed by atoms with E-state index in [1.165, 1.54) is 0 Å². The van der Waals surface area contributed by atoms with Crippen molar-refractivity contribution in [2.45, 2.75) is 18.6 Å². The molecule has 2 N–H and O–H groups in total. The number of carbonyl (C=O) groups excluding carboxylic acids is 2. The van der Waals surface area contributed by atoms with Crippen LogP contribution < -0.4 is 10.7 Å². The first-order chi connectivity index (χ1) is 20.1. The highest BCUT2D eigenvalue weighted by atomic mass is 79.9. The van der Waals surface area contributed by atoms with Crippen molar-refractivity contribution in [3.8, 4) is 0 Å². The summed E-state index contributed by atoms with van der Waals surface area (Å²) in [6.07, 6.45) is 3.42. The highest BCUT2D eigenvalue weighted by molar-refractivity contribution is 9.10. The number of carbonyl (C=O) groups is 2. The molecular weight excluding hydrogens is 578 g/mol. The SMILES string of the molecule is O=C(Cn1cc(C2=N[C@@H](c3ccccc3)[C@H](c3ccccc3)NC2=O)c2cc(Br)ccc21)NN=Cc1ccccc1. The number of nitrogens with one attached hydrogen (secondary N) is 2. The lowest BCUT2D eigenvalue weighted by atomic mass is 9.91. The van der Waals surface area contributed by atoms with Gasteiger partial charge in [-0.05, 0) is 34.9 Å². The Bertz CT molecular complexity index is 1770. The van der Waals surface area contributed by atoms with Crippen LogP contribution in [0.4, 0.5) is 0 Å². The second-order valence-corrected chi connectivity index (χ2v) is 10.6. The van der Waals surface area contributed by atoms with Gasteiger partial charge in [-0.2, -0.15) is 5.10 Å². The lowest BCUT2D eigenvalue weighted by molar-refractivity contribution is -0.121. The molecule has 0 bridgehead atoms. The second kappa shape index (κ2) is 11.7. The number of benzene rings is 4. The Morgan fingerprint density at radius 1 is 0.927 bits per heavy atom. The number of hydrogen-bond acceptors (Lipinski definition) is 4. The van der Waals surface area contributed by atoms with Gasteiger partial charge in [0.15, 0.2) is 0 Å². The maximum atomic E-state index is 13.6. The van der Waals surface area contributed by atoms with Crippen molar-refractivity contribution in [2.75, 3.05) is 0 Å². The summed E-state index contributed by atoms with van der Waals surface area (Å²) in [5.41, 5.74) is 7.26. The zero-order valence-corrected chi connectivity index (χ0v) is 23.5. The molecule has 6 rings (SSSR count). The molecule has 202 valence electrons. The molecule has 2 heterocycles. The third kappa shape index (κ3) is 5.73. The van der Waals surface area contributed by atoms with Crippen LogP contribution in [0.25, 0.3) is 10.9 Å². The first-order valence-corrected chi connectivity index (χ1v) is 14.0. The van der Waals surface area contributed by atoms with Gasteiger partial charge in [-0.1, -0.05) is 107 Å². The van der Waals surface area contributed by atoms with Gasteiger partial charge in [-0.15, -0.1) is 0 Å². The summed E-state index contributed by atoms with van der Waals surface area (Å²) in [5, 5.41) is 8.12. The molecule has 0 aliphatic carbocycles. The Kier molecular flexibility index (Phi) is 7.56. The molecule has 5 aromatic rings. The Morgan fingerprint density at radius 3 is 2.29 bits per heavy atom. The summed E-state index contributed by atoms with van der Waals surface area (Å²) in [5.74, 6) is -0.549. The fourth-order valence-electron chi connectivity index (χ4n) is 5.09. The Hall–Kier alpha value is -4.82. The van der Waals surface area contributed by atoms with Gasteiger partial charge in [0.2, 0.25) is 0 Å². The highest BCUT2D eigenvalue weighted by Gasteiger charge is 2.34. The molecule has 1 aliphatic rings. The third-order valence-corrected chi connectivity index (χ3v) is 7.49. The van der Waals surface area contributed by atoms with Gasteiger partial charge in [0, 0.05) is 27.1 Å². The first kappa shape index (κ1) is 26.4. The minimum Gasteiger partial charge on any atom is -0.341 e. The fourth-order valence-corrected chi connectivity index (χ4v) is 5.45. The normalized spacial score (nSPS) is 16.9. The molecule has 1 aliphatic heterocycles. The van der Waals surface area contributed by atoms with E-state index in [1.807, 2.05) is 120 Å². The lowest BCUT2D eigenvalue weighted by Gasteiger charge is -2.31. The zero-order chi connectivity index (χ0) is 28.2. The Labute approximate surface area is 245 Å². The average molecular weight is 605 g/mol. The predicted octanol–water partition coefficient (Wildman–Crippen LogP) is 5.96. The number of fused-ring (bicyclic) bond motifs is 1. The van der Waals surface area contributed by atoms with Gasteiger partial charge in [-0.25, -0.2) is 5.43 Å². The van der Waals surface area contributed by atoms with Crippen molar-refractivity contribution < 1.29 is 9.59 Å². The van der Waals surface area contributed by atoms with Crippen molar-refractivity contribution in [3.63, 3.8) is 0 Å². The van der Waals surface area contributed by atoms with E-state index < -0.39 is 0 Å². The summed E-state index contributed by atoms with van der Waals surface area (Å²) < 4.78 is 2.68. The number of hydrogen-bond donors (Lipinski definition) is 2. The summed E-state index contributed by atoms with van der Waals surface area (Å²) in [6, 6.07) is 34.5. The molecule has 7 nitrogen and oxygen atoms in total. The largest absolute Gasteiger partial charge is 0.341 e. The number of amides is 2. The van der Waals surface area contributed by atoms with E-state index in [9.17, 15) is 9.59 Å². The number of aliphatic imine (C=N–C) groups is 1. The molecule has 1 aromatic heterocycles. The van der Waals surface area contributed by atoms with E-state index in [0.717, 1.165) is 32.1 Å². The molecule has 8 heteroatoms. The molecule has 0 fully saturated rings. The number of halogens is 1. The molecule has 4 aromatic carbocycles. The zero-order valence-electron chi connectivity index (χ0n) is 21.9. The fraction of sp³-hybridized carbons (Fsp3) is 0.0909. The van der Waals surface area contributed by atoms with Crippen molar-refractivity contribution in [2.24, 2.45) is 10.1 Å². The van der Waals surface area contributed by atoms with E-state index in [4.69, 9.17) is 4.99 Å². The van der Waals surface area contributed by atoms with Gasteiger partial charge in [0.05, 0.1) is 12.3 Å². The molecule has 2 amide bonds. The molecule has 0 unspecified atom stereocenters. The third-order valence-electron chi connectivity index (χ3n) is 7.00. The van der Waals surface area contributed by atoms with Crippen LogP contribution in [0, 0.1) is 0 Å². The van der Waals surface area contributed by atoms with Crippen LogP contribution in [0.2, 0.25) is 0 Å². The van der Waals surface area contributed by atoms with Gasteiger partial charge < -0.3 is 9.88 Å². The molecule has 0 saturated carbocycles. The first-order valence-electron chi connectivity index (χ1n) is 13.2. The van der Waals surface area contributed by atoms with Crippen LogP contribution in [0.15, 0.2) is 130 Å². The van der Waals surface area contributed by atoms with Gasteiger partial charge in [0.25, 0.3) is 11.8 Å².